The van der Waals surface area contributed by atoms with Crippen LogP contribution in [0, 0.1) is 13.8 Å². The minimum absolute atomic E-state index is 0.0994. The van der Waals surface area contributed by atoms with Crippen molar-refractivity contribution in [2.45, 2.75) is 24.9 Å². The molecular weight excluding hydrogens is 497 g/mol. The molecule has 0 aliphatic rings. The van der Waals surface area contributed by atoms with Crippen LogP contribution in [-0.2, 0) is 21.0 Å². The zero-order chi connectivity index (χ0) is 26.7. The highest BCUT2D eigenvalue weighted by molar-refractivity contribution is 7.92. The first-order valence-corrected chi connectivity index (χ1v) is 12.1. The van der Waals surface area contributed by atoms with Gasteiger partial charge < -0.3 is 14.8 Å². The monoisotopic (exact) mass is 522 g/mol. The van der Waals surface area contributed by atoms with Gasteiger partial charge in [-0.2, -0.15) is 13.2 Å². The fraction of sp³-hybridized carbons (Fsp3) is 0.240. The molecule has 0 radical (unpaired) electrons. The summed E-state index contributed by atoms with van der Waals surface area (Å²) in [4.78, 5) is 12.6. The van der Waals surface area contributed by atoms with E-state index in [9.17, 15) is 26.4 Å². The number of alkyl halides is 3. The van der Waals surface area contributed by atoms with Crippen LogP contribution in [0.15, 0.2) is 65.6 Å². The lowest BCUT2D eigenvalue weighted by Gasteiger charge is -2.25. The summed E-state index contributed by atoms with van der Waals surface area (Å²) in [5, 5.41) is 2.63. The first-order valence-electron chi connectivity index (χ1n) is 10.7. The number of carbonyl (C=O) groups excluding carboxylic acids is 1. The normalized spacial score (nSPS) is 11.6. The first-order chi connectivity index (χ1) is 16.9. The van der Waals surface area contributed by atoms with E-state index in [-0.39, 0.29) is 22.1 Å². The third-order valence-corrected chi connectivity index (χ3v) is 7.12. The molecule has 0 fully saturated rings. The van der Waals surface area contributed by atoms with Gasteiger partial charge in [0.25, 0.3) is 10.0 Å². The number of sulfonamides is 1. The quantitative estimate of drug-likeness (QED) is 0.441. The van der Waals surface area contributed by atoms with Gasteiger partial charge in [-0.05, 0) is 55.8 Å². The molecule has 3 aromatic carbocycles. The first kappa shape index (κ1) is 26.9. The van der Waals surface area contributed by atoms with Crippen LogP contribution in [0.25, 0.3) is 0 Å². The molecule has 0 unspecified atom stereocenters. The molecule has 3 rings (SSSR count). The van der Waals surface area contributed by atoms with E-state index in [1.54, 1.807) is 19.1 Å². The molecule has 3 aromatic rings. The fourth-order valence-corrected chi connectivity index (χ4v) is 4.96. The summed E-state index contributed by atoms with van der Waals surface area (Å²) >= 11 is 0. The van der Waals surface area contributed by atoms with Gasteiger partial charge >= 0.3 is 6.18 Å². The van der Waals surface area contributed by atoms with E-state index in [1.165, 1.54) is 38.5 Å². The molecule has 1 N–H and O–H groups in total. The number of nitrogens with one attached hydrogen (secondary N) is 1. The molecule has 7 nitrogen and oxygen atoms in total. The second-order valence-corrected chi connectivity index (χ2v) is 9.81. The van der Waals surface area contributed by atoms with Crippen LogP contribution in [0.1, 0.15) is 16.7 Å². The molecule has 0 atom stereocenters. The van der Waals surface area contributed by atoms with Gasteiger partial charge in [-0.25, -0.2) is 8.42 Å². The molecule has 0 spiro atoms. The van der Waals surface area contributed by atoms with Crippen LogP contribution in [-0.4, -0.2) is 35.1 Å². The molecule has 0 heterocycles. The number of nitrogens with zero attached hydrogens (tertiary/aromatic N) is 1. The Morgan fingerprint density at radius 2 is 1.64 bits per heavy atom. The Labute approximate surface area is 207 Å². The molecule has 0 aromatic heterocycles. The Morgan fingerprint density at radius 3 is 2.25 bits per heavy atom. The molecular formula is C25H25F3N2O5S. The SMILES string of the molecule is COc1ccc(S(=O)(=O)N(CC(=O)Nc2ccc(C)cc2C)c2cccc(C(F)(F)F)c2)cc1OC. The molecule has 0 saturated carbocycles. The van der Waals surface area contributed by atoms with Crippen LogP contribution in [0.4, 0.5) is 24.5 Å². The van der Waals surface area contributed by atoms with Gasteiger partial charge in [-0.1, -0.05) is 23.8 Å². The van der Waals surface area contributed by atoms with Gasteiger partial charge in [0.2, 0.25) is 5.91 Å². The summed E-state index contributed by atoms with van der Waals surface area (Å²) in [6.07, 6.45) is -4.71. The number of anilines is 2. The Kier molecular flexibility index (Phi) is 7.83. The maximum atomic E-state index is 13.6. The highest BCUT2D eigenvalue weighted by Crippen LogP contribution is 2.35. The van der Waals surface area contributed by atoms with Gasteiger partial charge in [0, 0.05) is 11.8 Å². The second kappa shape index (κ2) is 10.5. The number of aryl methyl sites for hydroxylation is 2. The third kappa shape index (κ3) is 5.91. The molecule has 192 valence electrons. The molecule has 36 heavy (non-hydrogen) atoms. The van der Waals surface area contributed by atoms with E-state index in [0.717, 1.165) is 23.3 Å². The van der Waals surface area contributed by atoms with E-state index in [4.69, 9.17) is 9.47 Å². The lowest BCUT2D eigenvalue weighted by Crippen LogP contribution is -2.38. The number of hydrogen-bond acceptors (Lipinski definition) is 5. The summed E-state index contributed by atoms with van der Waals surface area (Å²) in [6.45, 7) is 2.88. The maximum Gasteiger partial charge on any atom is 0.416 e. The minimum atomic E-state index is -4.71. The fourth-order valence-electron chi connectivity index (χ4n) is 3.53. The van der Waals surface area contributed by atoms with E-state index in [2.05, 4.69) is 5.32 Å². The predicted molar refractivity (Wildman–Crippen MR) is 130 cm³/mol. The lowest BCUT2D eigenvalue weighted by atomic mass is 10.1. The summed E-state index contributed by atoms with van der Waals surface area (Å²) < 4.78 is 78.3. The Morgan fingerprint density at radius 1 is 0.944 bits per heavy atom. The highest BCUT2D eigenvalue weighted by atomic mass is 32.2. The van der Waals surface area contributed by atoms with Crippen molar-refractivity contribution in [2.75, 3.05) is 30.4 Å². The van der Waals surface area contributed by atoms with Crippen molar-refractivity contribution in [3.8, 4) is 11.5 Å². The molecule has 0 aliphatic carbocycles. The average Bonchev–Trinajstić information content (AvgIpc) is 2.83. The van der Waals surface area contributed by atoms with Crippen molar-refractivity contribution in [1.82, 2.24) is 0 Å². The number of ether oxygens (including phenoxy) is 2. The molecule has 0 aliphatic heterocycles. The van der Waals surface area contributed by atoms with Crippen molar-refractivity contribution >= 4 is 27.3 Å². The van der Waals surface area contributed by atoms with Crippen molar-refractivity contribution in [1.29, 1.82) is 0 Å². The van der Waals surface area contributed by atoms with Crippen molar-refractivity contribution in [2.24, 2.45) is 0 Å². The Hall–Kier alpha value is -3.73. The van der Waals surface area contributed by atoms with Gasteiger partial charge in [0.05, 0.1) is 30.4 Å². The Bertz CT molecular complexity index is 1370. The van der Waals surface area contributed by atoms with Crippen LogP contribution >= 0.6 is 0 Å². The van der Waals surface area contributed by atoms with E-state index in [0.29, 0.717) is 16.1 Å². The third-order valence-electron chi connectivity index (χ3n) is 5.35. The molecule has 0 bridgehead atoms. The predicted octanol–water partition coefficient (Wildman–Crippen LogP) is 5.17. The standard InChI is InChI=1S/C25H25F3N2O5S/c1-16-8-10-21(17(2)12-16)29-24(31)15-30(19-7-5-6-18(13-19)25(26,27)28)36(32,33)20-9-11-22(34-3)23(14-20)35-4/h5-14H,15H2,1-4H3,(H,29,31). The van der Waals surface area contributed by atoms with Crippen molar-refractivity contribution in [3.63, 3.8) is 0 Å². The van der Waals surface area contributed by atoms with Gasteiger partial charge in [-0.3, -0.25) is 9.10 Å². The van der Waals surface area contributed by atoms with E-state index in [1.807, 2.05) is 13.0 Å². The number of methoxy groups -OCH3 is 2. The zero-order valence-electron chi connectivity index (χ0n) is 20.0. The van der Waals surface area contributed by atoms with Gasteiger partial charge in [-0.15, -0.1) is 0 Å². The minimum Gasteiger partial charge on any atom is -0.493 e. The van der Waals surface area contributed by atoms with Crippen molar-refractivity contribution < 1.29 is 35.9 Å². The average molecular weight is 523 g/mol. The summed E-state index contributed by atoms with van der Waals surface area (Å²) in [5.74, 6) is -0.375. The number of benzene rings is 3. The van der Waals surface area contributed by atoms with Gasteiger partial charge in [0.1, 0.15) is 6.54 Å². The topological polar surface area (TPSA) is 84.9 Å². The molecule has 1 amide bonds. The second-order valence-electron chi connectivity index (χ2n) is 7.94. The number of hydrogen-bond donors (Lipinski definition) is 1. The van der Waals surface area contributed by atoms with Crippen LogP contribution < -0.4 is 19.1 Å². The largest absolute Gasteiger partial charge is 0.493 e. The number of halogens is 3. The van der Waals surface area contributed by atoms with Crippen LogP contribution in [0.2, 0.25) is 0 Å². The number of carbonyl (C=O) groups is 1. The summed E-state index contributed by atoms with van der Waals surface area (Å²) in [6, 6.07) is 12.8. The van der Waals surface area contributed by atoms with Crippen LogP contribution in [0.5, 0.6) is 11.5 Å². The smallest absolute Gasteiger partial charge is 0.416 e. The highest BCUT2D eigenvalue weighted by Gasteiger charge is 2.33. The number of amides is 1. The van der Waals surface area contributed by atoms with E-state index < -0.39 is 34.2 Å². The van der Waals surface area contributed by atoms with Crippen LogP contribution in [0.3, 0.4) is 0 Å². The number of rotatable bonds is 8. The molecule has 11 heteroatoms. The summed E-state index contributed by atoms with van der Waals surface area (Å²) in [5.41, 5.74) is 0.791. The lowest BCUT2D eigenvalue weighted by molar-refractivity contribution is -0.137. The molecule has 0 saturated heterocycles. The zero-order valence-corrected chi connectivity index (χ0v) is 20.8. The van der Waals surface area contributed by atoms with Gasteiger partial charge in [0.15, 0.2) is 11.5 Å². The Balaban J connectivity index is 2.07. The van der Waals surface area contributed by atoms with Crippen molar-refractivity contribution in [3.05, 3.63) is 77.4 Å². The van der Waals surface area contributed by atoms with E-state index >= 15 is 0 Å². The maximum absolute atomic E-state index is 13.6. The summed E-state index contributed by atoms with van der Waals surface area (Å²) in [7, 11) is -1.82.